The highest BCUT2D eigenvalue weighted by molar-refractivity contribution is 5.87. The molecule has 1 saturated carbocycles. The standard InChI is InChI=1S/C21H31N3O2/c1-16-17(5-2-12-22-16)15-23-13-3-10-21(23)11-4-14-24(20(21)26)18-6-8-19(25)9-7-18/h2,5,12,18-19,25H,3-4,6-11,13-15H2,1H3. The summed E-state index contributed by atoms with van der Waals surface area (Å²) in [6.45, 7) is 4.77. The Labute approximate surface area is 156 Å². The van der Waals surface area contributed by atoms with E-state index in [0.717, 1.165) is 76.7 Å². The Morgan fingerprint density at radius 3 is 2.65 bits per heavy atom. The van der Waals surface area contributed by atoms with Gasteiger partial charge < -0.3 is 10.0 Å². The van der Waals surface area contributed by atoms with Gasteiger partial charge in [0.2, 0.25) is 5.91 Å². The number of hydrogen-bond acceptors (Lipinski definition) is 4. The van der Waals surface area contributed by atoms with Crippen LogP contribution in [0.25, 0.3) is 0 Å². The van der Waals surface area contributed by atoms with Gasteiger partial charge in [0.1, 0.15) is 5.54 Å². The Bertz CT molecular complexity index is 656. The van der Waals surface area contributed by atoms with Gasteiger partial charge in [-0.1, -0.05) is 6.07 Å². The van der Waals surface area contributed by atoms with Crippen LogP contribution in [-0.2, 0) is 11.3 Å². The lowest BCUT2D eigenvalue weighted by Gasteiger charge is -2.48. The van der Waals surface area contributed by atoms with Crippen molar-refractivity contribution in [1.82, 2.24) is 14.8 Å². The van der Waals surface area contributed by atoms with E-state index >= 15 is 0 Å². The van der Waals surface area contributed by atoms with Crippen LogP contribution in [0.2, 0.25) is 0 Å². The van der Waals surface area contributed by atoms with Crippen LogP contribution in [0, 0.1) is 6.92 Å². The van der Waals surface area contributed by atoms with E-state index in [1.54, 1.807) is 0 Å². The third-order valence-electron chi connectivity index (χ3n) is 6.86. The fraction of sp³-hybridized carbons (Fsp3) is 0.714. The number of aromatic nitrogens is 1. The maximum atomic E-state index is 13.6. The minimum atomic E-state index is -0.309. The van der Waals surface area contributed by atoms with Crippen molar-refractivity contribution < 1.29 is 9.90 Å². The quantitative estimate of drug-likeness (QED) is 0.904. The molecule has 5 heteroatoms. The molecule has 5 nitrogen and oxygen atoms in total. The first kappa shape index (κ1) is 17.9. The molecule has 0 bridgehead atoms. The van der Waals surface area contributed by atoms with Crippen molar-refractivity contribution in [1.29, 1.82) is 0 Å². The molecule has 0 aromatic carbocycles. The molecular formula is C21H31N3O2. The first-order chi connectivity index (χ1) is 12.6. The van der Waals surface area contributed by atoms with E-state index in [4.69, 9.17) is 0 Å². The maximum absolute atomic E-state index is 13.6. The number of pyridine rings is 1. The van der Waals surface area contributed by atoms with E-state index in [-0.39, 0.29) is 11.6 Å². The molecule has 1 aliphatic carbocycles. The Hall–Kier alpha value is -1.46. The molecule has 1 aromatic rings. The molecule has 1 aromatic heterocycles. The van der Waals surface area contributed by atoms with Crippen LogP contribution in [0.1, 0.15) is 62.6 Å². The van der Waals surface area contributed by atoms with Crippen LogP contribution in [-0.4, -0.2) is 56.6 Å². The van der Waals surface area contributed by atoms with Crippen molar-refractivity contribution in [2.45, 2.75) is 82.5 Å². The number of aliphatic hydroxyl groups is 1. The summed E-state index contributed by atoms with van der Waals surface area (Å²) in [6, 6.07) is 4.46. The van der Waals surface area contributed by atoms with E-state index in [2.05, 4.69) is 27.8 Å². The maximum Gasteiger partial charge on any atom is 0.243 e. The van der Waals surface area contributed by atoms with Gasteiger partial charge in [0.15, 0.2) is 0 Å². The average Bonchev–Trinajstić information content (AvgIpc) is 3.04. The molecule has 3 fully saturated rings. The first-order valence-electron chi connectivity index (χ1n) is 10.2. The molecule has 1 unspecified atom stereocenters. The number of nitrogens with zero attached hydrogens (tertiary/aromatic N) is 3. The molecule has 4 rings (SSSR count). The summed E-state index contributed by atoms with van der Waals surface area (Å²) < 4.78 is 0. The van der Waals surface area contributed by atoms with Crippen LogP contribution >= 0.6 is 0 Å². The average molecular weight is 357 g/mol. The van der Waals surface area contributed by atoms with Gasteiger partial charge in [-0.15, -0.1) is 0 Å². The second-order valence-electron chi connectivity index (χ2n) is 8.37. The number of amides is 1. The van der Waals surface area contributed by atoms with Gasteiger partial charge in [-0.05, 0) is 76.5 Å². The number of carbonyl (C=O) groups is 1. The van der Waals surface area contributed by atoms with Crippen molar-refractivity contribution in [2.24, 2.45) is 0 Å². The van der Waals surface area contributed by atoms with Gasteiger partial charge in [-0.2, -0.15) is 0 Å². The summed E-state index contributed by atoms with van der Waals surface area (Å²) in [7, 11) is 0. The van der Waals surface area contributed by atoms with Gasteiger partial charge in [-0.25, -0.2) is 0 Å². The molecule has 1 atom stereocenters. The van der Waals surface area contributed by atoms with Crippen molar-refractivity contribution in [3.8, 4) is 0 Å². The zero-order valence-corrected chi connectivity index (χ0v) is 15.9. The van der Waals surface area contributed by atoms with Crippen LogP contribution in [0.15, 0.2) is 18.3 Å². The number of rotatable bonds is 3. The van der Waals surface area contributed by atoms with Gasteiger partial charge in [-0.3, -0.25) is 14.7 Å². The normalized spacial score (nSPS) is 33.2. The molecule has 142 valence electrons. The highest BCUT2D eigenvalue weighted by Crippen LogP contribution is 2.41. The minimum Gasteiger partial charge on any atom is -0.393 e. The predicted octanol–water partition coefficient (Wildman–Crippen LogP) is 2.65. The molecule has 0 radical (unpaired) electrons. The van der Waals surface area contributed by atoms with Gasteiger partial charge in [0.25, 0.3) is 0 Å². The lowest BCUT2D eigenvalue weighted by atomic mass is 9.82. The van der Waals surface area contributed by atoms with Crippen molar-refractivity contribution in [3.05, 3.63) is 29.6 Å². The van der Waals surface area contributed by atoms with Gasteiger partial charge >= 0.3 is 0 Å². The zero-order chi connectivity index (χ0) is 18.1. The van der Waals surface area contributed by atoms with Gasteiger partial charge in [0.05, 0.1) is 6.10 Å². The van der Waals surface area contributed by atoms with Crippen molar-refractivity contribution in [3.63, 3.8) is 0 Å². The second-order valence-corrected chi connectivity index (χ2v) is 8.37. The fourth-order valence-corrected chi connectivity index (χ4v) is 5.32. The van der Waals surface area contributed by atoms with E-state index in [1.807, 2.05) is 12.3 Å². The highest BCUT2D eigenvalue weighted by Gasteiger charge is 2.51. The van der Waals surface area contributed by atoms with Crippen LogP contribution in [0.3, 0.4) is 0 Å². The minimum absolute atomic E-state index is 0.170. The molecule has 26 heavy (non-hydrogen) atoms. The summed E-state index contributed by atoms with van der Waals surface area (Å²) in [4.78, 5) is 22.6. The number of aliphatic hydroxyl groups excluding tert-OH is 1. The van der Waals surface area contributed by atoms with E-state index in [0.29, 0.717) is 11.9 Å². The lowest BCUT2D eigenvalue weighted by molar-refractivity contribution is -0.152. The molecule has 2 saturated heterocycles. The zero-order valence-electron chi connectivity index (χ0n) is 15.9. The van der Waals surface area contributed by atoms with E-state index < -0.39 is 0 Å². The van der Waals surface area contributed by atoms with Crippen molar-refractivity contribution in [2.75, 3.05) is 13.1 Å². The van der Waals surface area contributed by atoms with E-state index in [9.17, 15) is 9.90 Å². The predicted molar refractivity (Wildman–Crippen MR) is 101 cm³/mol. The molecule has 1 amide bonds. The summed E-state index contributed by atoms with van der Waals surface area (Å²) in [5.74, 6) is 0.351. The largest absolute Gasteiger partial charge is 0.393 e. The Kier molecular flexibility index (Phi) is 5.02. The SMILES string of the molecule is Cc1ncccc1CN1CCCC12CCCN(C1CCC(O)CC1)C2=O. The number of piperidine rings is 1. The van der Waals surface area contributed by atoms with Crippen LogP contribution in [0.4, 0.5) is 0 Å². The van der Waals surface area contributed by atoms with Crippen LogP contribution in [0.5, 0.6) is 0 Å². The molecule has 3 heterocycles. The number of hydrogen-bond donors (Lipinski definition) is 1. The third-order valence-corrected chi connectivity index (χ3v) is 6.86. The number of aryl methyl sites for hydroxylation is 1. The first-order valence-corrected chi connectivity index (χ1v) is 10.2. The number of carbonyl (C=O) groups excluding carboxylic acids is 1. The molecule has 1 spiro atoms. The third kappa shape index (κ3) is 3.16. The Morgan fingerprint density at radius 1 is 1.19 bits per heavy atom. The second kappa shape index (κ2) is 7.28. The topological polar surface area (TPSA) is 56.7 Å². The van der Waals surface area contributed by atoms with Gasteiger partial charge in [0, 0.05) is 31.0 Å². The van der Waals surface area contributed by atoms with Crippen molar-refractivity contribution >= 4 is 5.91 Å². The summed E-state index contributed by atoms with van der Waals surface area (Å²) in [5, 5.41) is 9.81. The molecule has 2 aliphatic heterocycles. The lowest BCUT2D eigenvalue weighted by Crippen LogP contribution is -2.62. The monoisotopic (exact) mass is 357 g/mol. The summed E-state index contributed by atoms with van der Waals surface area (Å²) >= 11 is 0. The smallest absolute Gasteiger partial charge is 0.243 e. The van der Waals surface area contributed by atoms with E-state index in [1.165, 1.54) is 5.56 Å². The number of likely N-dealkylation sites (tertiary alicyclic amines) is 2. The summed E-state index contributed by atoms with van der Waals surface area (Å²) in [5.41, 5.74) is 1.99. The Balaban J connectivity index is 1.53. The highest BCUT2D eigenvalue weighted by atomic mass is 16.3. The fourth-order valence-electron chi connectivity index (χ4n) is 5.32. The Morgan fingerprint density at radius 2 is 1.92 bits per heavy atom. The molecule has 1 N–H and O–H groups in total. The summed E-state index contributed by atoms with van der Waals surface area (Å²) in [6.07, 6.45) is 9.39. The molecule has 3 aliphatic rings. The molecular weight excluding hydrogens is 326 g/mol. The van der Waals surface area contributed by atoms with Crippen LogP contribution < -0.4 is 0 Å².